The van der Waals surface area contributed by atoms with Gasteiger partial charge in [-0.1, -0.05) is 12.1 Å². The van der Waals surface area contributed by atoms with Crippen LogP contribution in [0.2, 0.25) is 0 Å². The van der Waals surface area contributed by atoms with Gasteiger partial charge in [0, 0.05) is 6.04 Å². The van der Waals surface area contributed by atoms with Crippen molar-refractivity contribution in [3.05, 3.63) is 24.3 Å². The molecule has 0 aliphatic carbocycles. The summed E-state index contributed by atoms with van der Waals surface area (Å²) in [5.41, 5.74) is 0.658. The normalized spacial score (nSPS) is 11.8. The van der Waals surface area contributed by atoms with Crippen molar-refractivity contribution >= 4 is 10.0 Å². The van der Waals surface area contributed by atoms with E-state index in [4.69, 9.17) is 9.88 Å². The van der Waals surface area contributed by atoms with Crippen LogP contribution >= 0.6 is 0 Å². The van der Waals surface area contributed by atoms with Gasteiger partial charge in [0.15, 0.2) is 5.82 Å². The van der Waals surface area contributed by atoms with E-state index in [1.54, 1.807) is 12.1 Å². The van der Waals surface area contributed by atoms with Crippen LogP contribution in [0.5, 0.6) is 5.75 Å². The Balaban J connectivity index is 2.73. The summed E-state index contributed by atoms with van der Waals surface area (Å²) in [6, 6.07) is 7.02. The predicted molar refractivity (Wildman–Crippen MR) is 73.8 cm³/mol. The molecule has 20 heavy (non-hydrogen) atoms. The first-order valence-electron chi connectivity index (χ1n) is 5.97. The van der Waals surface area contributed by atoms with Crippen LogP contribution in [0.15, 0.2) is 29.4 Å². The largest absolute Gasteiger partial charge is 0.496 e. The fourth-order valence-electron chi connectivity index (χ4n) is 1.95. The molecule has 0 saturated carbocycles. The zero-order valence-corrected chi connectivity index (χ0v) is 12.3. The first-order chi connectivity index (χ1) is 9.36. The molecule has 108 valence electrons. The van der Waals surface area contributed by atoms with Crippen LogP contribution in [0.3, 0.4) is 0 Å². The Morgan fingerprint density at radius 3 is 2.45 bits per heavy atom. The van der Waals surface area contributed by atoms with Crippen molar-refractivity contribution in [2.24, 2.45) is 5.14 Å². The molecule has 0 aliphatic rings. The van der Waals surface area contributed by atoms with E-state index in [0.717, 1.165) is 0 Å². The van der Waals surface area contributed by atoms with E-state index in [1.165, 1.54) is 11.7 Å². The summed E-state index contributed by atoms with van der Waals surface area (Å²) in [5.74, 6) is 0.990. The minimum atomic E-state index is -3.94. The van der Waals surface area contributed by atoms with Crippen molar-refractivity contribution < 1.29 is 13.2 Å². The van der Waals surface area contributed by atoms with E-state index in [2.05, 4.69) is 10.2 Å². The van der Waals surface area contributed by atoms with Crippen LogP contribution in [-0.4, -0.2) is 30.3 Å². The van der Waals surface area contributed by atoms with Crippen molar-refractivity contribution in [1.82, 2.24) is 14.8 Å². The summed E-state index contributed by atoms with van der Waals surface area (Å²) >= 11 is 0. The minimum Gasteiger partial charge on any atom is -0.496 e. The summed E-state index contributed by atoms with van der Waals surface area (Å²) in [5, 5.41) is 12.6. The summed E-state index contributed by atoms with van der Waals surface area (Å²) in [7, 11) is -2.40. The van der Waals surface area contributed by atoms with Gasteiger partial charge in [0.1, 0.15) is 5.75 Å². The monoisotopic (exact) mass is 296 g/mol. The van der Waals surface area contributed by atoms with Gasteiger partial charge in [-0.2, -0.15) is 0 Å². The van der Waals surface area contributed by atoms with Gasteiger partial charge in [-0.3, -0.25) is 4.57 Å². The van der Waals surface area contributed by atoms with Crippen LogP contribution in [0.25, 0.3) is 11.4 Å². The lowest BCUT2D eigenvalue weighted by Crippen LogP contribution is -2.20. The van der Waals surface area contributed by atoms with Crippen molar-refractivity contribution in [1.29, 1.82) is 0 Å². The number of sulfonamides is 1. The number of nitrogens with two attached hydrogens (primary N) is 1. The SMILES string of the molecule is COc1ccccc1-c1nnc(S(N)(=O)=O)n1C(C)C. The summed E-state index contributed by atoms with van der Waals surface area (Å²) in [6.45, 7) is 3.66. The average Bonchev–Trinajstić information content (AvgIpc) is 2.83. The number of hydrogen-bond donors (Lipinski definition) is 1. The van der Waals surface area contributed by atoms with Crippen LogP contribution in [0.1, 0.15) is 19.9 Å². The van der Waals surface area contributed by atoms with Crippen molar-refractivity contribution in [3.63, 3.8) is 0 Å². The molecule has 0 atom stereocenters. The topological polar surface area (TPSA) is 100 Å². The Morgan fingerprint density at radius 2 is 1.90 bits per heavy atom. The van der Waals surface area contributed by atoms with Crippen LogP contribution in [0, 0.1) is 0 Å². The molecule has 0 spiro atoms. The Labute approximate surface area is 117 Å². The molecule has 2 N–H and O–H groups in total. The van der Waals surface area contributed by atoms with E-state index in [1.807, 2.05) is 26.0 Å². The number of para-hydroxylation sites is 1. The molecule has 0 aliphatic heterocycles. The van der Waals surface area contributed by atoms with Crippen molar-refractivity contribution in [2.45, 2.75) is 25.0 Å². The Bertz CT molecular complexity index is 722. The van der Waals surface area contributed by atoms with Crippen LogP contribution in [-0.2, 0) is 10.0 Å². The lowest BCUT2D eigenvalue weighted by Gasteiger charge is -2.14. The molecule has 1 aromatic carbocycles. The van der Waals surface area contributed by atoms with Gasteiger partial charge in [-0.15, -0.1) is 10.2 Å². The van der Waals surface area contributed by atoms with Gasteiger partial charge in [0.25, 0.3) is 15.2 Å². The maximum Gasteiger partial charge on any atom is 0.273 e. The number of primary sulfonamides is 1. The number of ether oxygens (including phenoxy) is 1. The second kappa shape index (κ2) is 5.22. The maximum atomic E-state index is 11.6. The maximum absolute atomic E-state index is 11.6. The van der Waals surface area contributed by atoms with E-state index in [-0.39, 0.29) is 11.2 Å². The second-order valence-electron chi connectivity index (χ2n) is 4.52. The van der Waals surface area contributed by atoms with E-state index < -0.39 is 10.0 Å². The highest BCUT2D eigenvalue weighted by Crippen LogP contribution is 2.31. The number of aromatic nitrogens is 3. The molecule has 7 nitrogen and oxygen atoms in total. The molecule has 0 amide bonds. The first kappa shape index (κ1) is 14.5. The number of benzene rings is 1. The fourth-order valence-corrected chi connectivity index (χ4v) is 2.68. The standard InChI is InChI=1S/C12H16N4O3S/c1-8(2)16-11(14-15-12(16)20(13,17)18)9-6-4-5-7-10(9)19-3/h4-8H,1-3H3,(H2,13,17,18). The third-order valence-corrected chi connectivity index (χ3v) is 3.57. The van der Waals surface area contributed by atoms with Gasteiger partial charge in [-0.25, -0.2) is 13.6 Å². The minimum absolute atomic E-state index is 0.168. The van der Waals surface area contributed by atoms with Gasteiger partial charge in [-0.05, 0) is 26.0 Å². The molecule has 2 aromatic rings. The Morgan fingerprint density at radius 1 is 1.25 bits per heavy atom. The number of methoxy groups -OCH3 is 1. The molecular formula is C12H16N4O3S. The number of hydrogen-bond acceptors (Lipinski definition) is 5. The highest BCUT2D eigenvalue weighted by Gasteiger charge is 2.25. The summed E-state index contributed by atoms with van der Waals surface area (Å²) in [6.07, 6.45) is 0. The van der Waals surface area contributed by atoms with Crippen molar-refractivity contribution in [2.75, 3.05) is 7.11 Å². The first-order valence-corrected chi connectivity index (χ1v) is 7.52. The quantitative estimate of drug-likeness (QED) is 0.913. The molecule has 0 fully saturated rings. The molecule has 8 heteroatoms. The lowest BCUT2D eigenvalue weighted by molar-refractivity contribution is 0.415. The molecule has 1 aromatic heterocycles. The van der Waals surface area contributed by atoms with E-state index >= 15 is 0 Å². The van der Waals surface area contributed by atoms with Gasteiger partial charge in [0.2, 0.25) is 0 Å². The van der Waals surface area contributed by atoms with Gasteiger partial charge < -0.3 is 4.74 Å². The molecular weight excluding hydrogens is 280 g/mol. The molecule has 0 saturated heterocycles. The zero-order chi connectivity index (χ0) is 14.9. The highest BCUT2D eigenvalue weighted by atomic mass is 32.2. The Hall–Kier alpha value is -1.93. The predicted octanol–water partition coefficient (Wildman–Crippen LogP) is 1.18. The third-order valence-electron chi connectivity index (χ3n) is 2.78. The molecule has 0 unspecified atom stereocenters. The number of rotatable bonds is 4. The average molecular weight is 296 g/mol. The van der Waals surface area contributed by atoms with E-state index in [0.29, 0.717) is 17.1 Å². The van der Waals surface area contributed by atoms with Gasteiger partial charge >= 0.3 is 0 Å². The molecule has 1 heterocycles. The smallest absolute Gasteiger partial charge is 0.273 e. The van der Waals surface area contributed by atoms with Crippen molar-refractivity contribution in [3.8, 4) is 17.1 Å². The second-order valence-corrected chi connectivity index (χ2v) is 5.97. The molecule has 0 bridgehead atoms. The van der Waals surface area contributed by atoms with E-state index in [9.17, 15) is 8.42 Å². The summed E-state index contributed by atoms with van der Waals surface area (Å²) in [4.78, 5) is 0. The zero-order valence-electron chi connectivity index (χ0n) is 11.4. The lowest BCUT2D eigenvalue weighted by atomic mass is 10.2. The molecule has 2 rings (SSSR count). The van der Waals surface area contributed by atoms with Crippen LogP contribution < -0.4 is 9.88 Å². The molecule has 0 radical (unpaired) electrons. The van der Waals surface area contributed by atoms with Crippen LogP contribution in [0.4, 0.5) is 0 Å². The van der Waals surface area contributed by atoms with Gasteiger partial charge in [0.05, 0.1) is 12.7 Å². The summed E-state index contributed by atoms with van der Waals surface area (Å²) < 4.78 is 29.9. The fraction of sp³-hybridized carbons (Fsp3) is 0.333. The number of nitrogens with zero attached hydrogens (tertiary/aromatic N) is 3. The third kappa shape index (κ3) is 2.52. The highest BCUT2D eigenvalue weighted by molar-refractivity contribution is 7.89. The Kier molecular flexibility index (Phi) is 3.78.